The van der Waals surface area contributed by atoms with Crippen LogP contribution in [0.15, 0.2) is 24.3 Å². The fourth-order valence-corrected chi connectivity index (χ4v) is 3.14. The van der Waals surface area contributed by atoms with Crippen LogP contribution in [0.5, 0.6) is 0 Å². The van der Waals surface area contributed by atoms with Gasteiger partial charge in [0, 0.05) is 36.2 Å². The quantitative estimate of drug-likeness (QED) is 0.907. The Balaban J connectivity index is 1.79. The maximum atomic E-state index is 12.0. The van der Waals surface area contributed by atoms with Crippen LogP contribution < -0.4 is 5.32 Å². The second-order valence-electron chi connectivity index (χ2n) is 5.80. The van der Waals surface area contributed by atoms with Gasteiger partial charge in [-0.2, -0.15) is 0 Å². The molecule has 0 saturated carbocycles. The number of carbonyl (C=O) groups is 1. The van der Waals surface area contributed by atoms with E-state index in [2.05, 4.69) is 34.6 Å². The summed E-state index contributed by atoms with van der Waals surface area (Å²) in [6.07, 6.45) is 3.38. The summed E-state index contributed by atoms with van der Waals surface area (Å²) < 4.78 is 0. The van der Waals surface area contributed by atoms with E-state index in [-0.39, 0.29) is 11.9 Å². The average Bonchev–Trinajstić information content (AvgIpc) is 2.91. The number of H-pyrrole nitrogens is 1. The molecule has 21 heavy (non-hydrogen) atoms. The SMILES string of the molecule is CCN(C)C(=O)CNC1CCCc2c1[nH]c1ccccc21. The van der Waals surface area contributed by atoms with Gasteiger partial charge in [0.1, 0.15) is 0 Å². The molecule has 0 fully saturated rings. The van der Waals surface area contributed by atoms with Crippen molar-refractivity contribution in [3.63, 3.8) is 0 Å². The van der Waals surface area contributed by atoms with Crippen LogP contribution in [0.1, 0.15) is 37.1 Å². The summed E-state index contributed by atoms with van der Waals surface area (Å²) in [6, 6.07) is 8.72. The standard InChI is InChI=1S/C17H23N3O/c1-3-20(2)16(21)11-18-15-10-6-8-13-12-7-4-5-9-14(12)19-17(13)15/h4-5,7,9,15,18-19H,3,6,8,10-11H2,1-2H3. The molecule has 4 nitrogen and oxygen atoms in total. The Kier molecular flexibility index (Phi) is 3.97. The first kappa shape index (κ1) is 14.1. The van der Waals surface area contributed by atoms with Crippen molar-refractivity contribution in [3.05, 3.63) is 35.5 Å². The second-order valence-corrected chi connectivity index (χ2v) is 5.80. The van der Waals surface area contributed by atoms with E-state index in [1.54, 1.807) is 4.90 Å². The van der Waals surface area contributed by atoms with Crippen LogP contribution in [0, 0.1) is 0 Å². The molecule has 0 radical (unpaired) electrons. The first-order valence-electron chi connectivity index (χ1n) is 7.77. The lowest BCUT2D eigenvalue weighted by molar-refractivity contribution is -0.128. The second kappa shape index (κ2) is 5.90. The number of aryl methyl sites for hydroxylation is 1. The number of likely N-dealkylation sites (N-methyl/N-ethyl adjacent to an activating group) is 1. The number of nitrogens with zero attached hydrogens (tertiary/aromatic N) is 1. The number of aromatic amines is 1. The maximum Gasteiger partial charge on any atom is 0.236 e. The molecule has 1 aliphatic rings. The van der Waals surface area contributed by atoms with Gasteiger partial charge in [-0.15, -0.1) is 0 Å². The molecule has 1 aromatic heterocycles. The molecule has 2 aromatic rings. The maximum absolute atomic E-state index is 12.0. The molecule has 1 aromatic carbocycles. The summed E-state index contributed by atoms with van der Waals surface area (Å²) in [7, 11) is 1.85. The van der Waals surface area contributed by atoms with Crippen LogP contribution in [-0.2, 0) is 11.2 Å². The third-order valence-electron chi connectivity index (χ3n) is 4.51. The van der Waals surface area contributed by atoms with E-state index in [0.717, 1.165) is 19.4 Å². The highest BCUT2D eigenvalue weighted by molar-refractivity contribution is 5.85. The molecule has 1 heterocycles. The smallest absolute Gasteiger partial charge is 0.236 e. The number of hydrogen-bond donors (Lipinski definition) is 2. The number of carbonyl (C=O) groups excluding carboxylic acids is 1. The van der Waals surface area contributed by atoms with Gasteiger partial charge in [-0.05, 0) is 37.8 Å². The molecule has 4 heteroatoms. The van der Waals surface area contributed by atoms with Crippen molar-refractivity contribution in [2.45, 2.75) is 32.2 Å². The minimum atomic E-state index is 0.153. The number of amides is 1. The largest absolute Gasteiger partial charge is 0.357 e. The van der Waals surface area contributed by atoms with Crippen LogP contribution in [0.4, 0.5) is 0 Å². The van der Waals surface area contributed by atoms with Gasteiger partial charge in [-0.1, -0.05) is 18.2 Å². The Morgan fingerprint density at radius 2 is 2.24 bits per heavy atom. The van der Waals surface area contributed by atoms with Crippen molar-refractivity contribution >= 4 is 16.8 Å². The first-order chi connectivity index (χ1) is 10.2. The lowest BCUT2D eigenvalue weighted by Gasteiger charge is -2.25. The number of fused-ring (bicyclic) bond motifs is 3. The Labute approximate surface area is 125 Å². The molecule has 112 valence electrons. The fourth-order valence-electron chi connectivity index (χ4n) is 3.14. The van der Waals surface area contributed by atoms with Crippen molar-refractivity contribution in [2.24, 2.45) is 0 Å². The minimum absolute atomic E-state index is 0.153. The highest BCUT2D eigenvalue weighted by Gasteiger charge is 2.24. The minimum Gasteiger partial charge on any atom is -0.357 e. The van der Waals surface area contributed by atoms with Crippen LogP contribution in [0.25, 0.3) is 10.9 Å². The highest BCUT2D eigenvalue weighted by Crippen LogP contribution is 2.34. The van der Waals surface area contributed by atoms with Gasteiger partial charge in [-0.25, -0.2) is 0 Å². The third-order valence-corrected chi connectivity index (χ3v) is 4.51. The lowest BCUT2D eigenvalue weighted by atomic mass is 9.91. The number of nitrogens with one attached hydrogen (secondary N) is 2. The molecule has 3 rings (SSSR count). The van der Waals surface area contributed by atoms with E-state index < -0.39 is 0 Å². The van der Waals surface area contributed by atoms with Crippen molar-refractivity contribution in [3.8, 4) is 0 Å². The van der Waals surface area contributed by atoms with Crippen molar-refractivity contribution < 1.29 is 4.79 Å². The van der Waals surface area contributed by atoms with Crippen LogP contribution in [-0.4, -0.2) is 35.9 Å². The summed E-state index contributed by atoms with van der Waals surface area (Å²) in [5.74, 6) is 0.153. The molecule has 0 aliphatic heterocycles. The predicted octanol–water partition coefficient (Wildman–Crippen LogP) is 2.61. The lowest BCUT2D eigenvalue weighted by Crippen LogP contribution is -2.37. The van der Waals surface area contributed by atoms with Crippen LogP contribution in [0.2, 0.25) is 0 Å². The number of rotatable bonds is 4. The Hall–Kier alpha value is -1.81. The molecular weight excluding hydrogens is 262 g/mol. The van der Waals surface area contributed by atoms with Crippen molar-refractivity contribution in [2.75, 3.05) is 20.1 Å². The number of hydrogen-bond acceptors (Lipinski definition) is 2. The van der Waals surface area contributed by atoms with Gasteiger partial charge in [-0.3, -0.25) is 4.79 Å². The van der Waals surface area contributed by atoms with Gasteiger partial charge in [0.2, 0.25) is 5.91 Å². The van der Waals surface area contributed by atoms with E-state index in [4.69, 9.17) is 0 Å². The molecule has 0 bridgehead atoms. The van der Waals surface area contributed by atoms with E-state index in [1.807, 2.05) is 14.0 Å². The molecule has 1 amide bonds. The summed E-state index contributed by atoms with van der Waals surface area (Å²) >= 11 is 0. The molecule has 1 atom stereocenters. The van der Waals surface area contributed by atoms with E-state index >= 15 is 0 Å². The number of aromatic nitrogens is 1. The average molecular weight is 285 g/mol. The van der Waals surface area contributed by atoms with Crippen molar-refractivity contribution in [1.82, 2.24) is 15.2 Å². The molecule has 1 unspecified atom stereocenters. The fraction of sp³-hybridized carbons (Fsp3) is 0.471. The zero-order valence-corrected chi connectivity index (χ0v) is 12.8. The van der Waals surface area contributed by atoms with Gasteiger partial charge in [0.05, 0.1) is 6.54 Å². The molecular formula is C17H23N3O. The van der Waals surface area contributed by atoms with E-state index in [9.17, 15) is 4.79 Å². The van der Waals surface area contributed by atoms with Crippen molar-refractivity contribution in [1.29, 1.82) is 0 Å². The van der Waals surface area contributed by atoms with Gasteiger partial charge < -0.3 is 15.2 Å². The highest BCUT2D eigenvalue weighted by atomic mass is 16.2. The summed E-state index contributed by atoms with van der Waals surface area (Å²) in [6.45, 7) is 3.15. The molecule has 2 N–H and O–H groups in total. The monoisotopic (exact) mass is 285 g/mol. The molecule has 0 spiro atoms. The van der Waals surface area contributed by atoms with Crippen LogP contribution in [0.3, 0.4) is 0 Å². The summed E-state index contributed by atoms with van der Waals surface area (Å²) in [4.78, 5) is 17.3. The summed E-state index contributed by atoms with van der Waals surface area (Å²) in [5.41, 5.74) is 3.90. The zero-order valence-electron chi connectivity index (χ0n) is 12.8. The van der Waals surface area contributed by atoms with E-state index in [0.29, 0.717) is 6.54 Å². The van der Waals surface area contributed by atoms with E-state index in [1.165, 1.54) is 28.6 Å². The molecule has 0 saturated heterocycles. The number of benzene rings is 1. The molecule has 1 aliphatic carbocycles. The van der Waals surface area contributed by atoms with Gasteiger partial charge in [0.25, 0.3) is 0 Å². The Morgan fingerprint density at radius 3 is 3.05 bits per heavy atom. The Morgan fingerprint density at radius 1 is 1.43 bits per heavy atom. The zero-order chi connectivity index (χ0) is 14.8. The Bertz CT molecular complexity index is 647. The first-order valence-corrected chi connectivity index (χ1v) is 7.77. The normalized spacial score (nSPS) is 17.7. The number of para-hydroxylation sites is 1. The predicted molar refractivity (Wildman–Crippen MR) is 85.3 cm³/mol. The van der Waals surface area contributed by atoms with Crippen LogP contribution >= 0.6 is 0 Å². The van der Waals surface area contributed by atoms with Gasteiger partial charge >= 0.3 is 0 Å². The van der Waals surface area contributed by atoms with Gasteiger partial charge in [0.15, 0.2) is 0 Å². The third kappa shape index (κ3) is 2.68. The topological polar surface area (TPSA) is 48.1 Å². The summed E-state index contributed by atoms with van der Waals surface area (Å²) in [5, 5.41) is 4.76.